The molecule has 0 radical (unpaired) electrons. The zero-order chi connectivity index (χ0) is 20.4. The van der Waals surface area contributed by atoms with Crippen LogP contribution in [0.3, 0.4) is 0 Å². The number of amides is 1. The van der Waals surface area contributed by atoms with Crippen LogP contribution >= 0.6 is 0 Å². The Balaban J connectivity index is 1.79. The molecule has 1 fully saturated rings. The van der Waals surface area contributed by atoms with Gasteiger partial charge in [0.25, 0.3) is 16.1 Å². The molecule has 0 unspecified atom stereocenters. The van der Waals surface area contributed by atoms with Crippen LogP contribution < -0.4 is 15.2 Å². The quantitative estimate of drug-likeness (QED) is 0.642. The minimum Gasteiger partial charge on any atom is -0.322 e. The largest absolute Gasteiger partial charge is 0.322 e. The van der Waals surface area contributed by atoms with Crippen molar-refractivity contribution in [1.29, 1.82) is 0 Å². The summed E-state index contributed by atoms with van der Waals surface area (Å²) in [6.07, 6.45) is 1.64. The highest BCUT2D eigenvalue weighted by Gasteiger charge is 2.27. The Kier molecular flexibility index (Phi) is 5.70. The zero-order valence-corrected chi connectivity index (χ0v) is 16.5. The zero-order valence-electron chi connectivity index (χ0n) is 14.8. The summed E-state index contributed by atoms with van der Waals surface area (Å²) in [5, 5.41) is 7.54. The molecule has 0 spiro atoms. The van der Waals surface area contributed by atoms with Crippen molar-refractivity contribution in [3.05, 3.63) is 54.1 Å². The first-order valence-corrected chi connectivity index (χ1v) is 11.5. The summed E-state index contributed by atoms with van der Waals surface area (Å²) in [6, 6.07) is 11.8. The molecule has 1 saturated heterocycles. The monoisotopic (exact) mass is 424 g/mol. The SMILES string of the molecule is NS(=O)(=O)Nc1cccc(NC(=O)c2cccc(S(=O)(=O)N3CCCC3)c2)c1. The van der Waals surface area contributed by atoms with Crippen LogP contribution in [0.2, 0.25) is 0 Å². The first-order chi connectivity index (χ1) is 13.1. The first kappa shape index (κ1) is 20.3. The molecule has 2 aromatic carbocycles. The van der Waals surface area contributed by atoms with Gasteiger partial charge in [0.1, 0.15) is 0 Å². The fourth-order valence-corrected chi connectivity index (χ4v) is 4.92. The maximum absolute atomic E-state index is 12.7. The Hall–Kier alpha value is -2.47. The molecule has 1 heterocycles. The van der Waals surface area contributed by atoms with E-state index in [1.165, 1.54) is 46.8 Å². The summed E-state index contributed by atoms with van der Waals surface area (Å²) in [5.74, 6) is -0.522. The third kappa shape index (κ3) is 4.87. The average Bonchev–Trinajstić information content (AvgIpc) is 3.16. The van der Waals surface area contributed by atoms with Gasteiger partial charge < -0.3 is 5.32 Å². The lowest BCUT2D eigenvalue weighted by Crippen LogP contribution is -2.28. The number of anilines is 2. The van der Waals surface area contributed by atoms with Crippen LogP contribution in [0.25, 0.3) is 0 Å². The molecule has 9 nitrogen and oxygen atoms in total. The highest BCUT2D eigenvalue weighted by molar-refractivity contribution is 7.90. The summed E-state index contributed by atoms with van der Waals surface area (Å²) in [7, 11) is -7.57. The van der Waals surface area contributed by atoms with Gasteiger partial charge in [0.05, 0.1) is 10.6 Å². The van der Waals surface area contributed by atoms with Gasteiger partial charge >= 0.3 is 0 Å². The number of hydrogen-bond acceptors (Lipinski definition) is 5. The van der Waals surface area contributed by atoms with Crippen molar-refractivity contribution in [1.82, 2.24) is 4.31 Å². The molecule has 0 aromatic heterocycles. The molecule has 1 aliphatic rings. The Labute approximate surface area is 163 Å². The molecule has 11 heteroatoms. The standard InChI is InChI=1S/C17H20N4O5S2/c18-28(25,26)20-15-7-4-6-14(12-15)19-17(22)13-5-3-8-16(11-13)27(23,24)21-9-1-2-10-21/h3-8,11-12,20H,1-2,9-10H2,(H,19,22)(H2,18,25,26). The van der Waals surface area contributed by atoms with E-state index in [1.807, 2.05) is 0 Å². The first-order valence-electron chi connectivity index (χ1n) is 8.47. The Morgan fingerprint density at radius 2 is 1.57 bits per heavy atom. The van der Waals surface area contributed by atoms with Crippen molar-refractivity contribution >= 4 is 37.5 Å². The van der Waals surface area contributed by atoms with Crippen LogP contribution in [0.1, 0.15) is 23.2 Å². The van der Waals surface area contributed by atoms with Gasteiger partial charge in [-0.15, -0.1) is 0 Å². The molecule has 1 amide bonds. The van der Waals surface area contributed by atoms with Crippen molar-refractivity contribution in [2.45, 2.75) is 17.7 Å². The van der Waals surface area contributed by atoms with Gasteiger partial charge in [-0.25, -0.2) is 13.6 Å². The fourth-order valence-electron chi connectivity index (χ4n) is 2.90. The Morgan fingerprint density at radius 3 is 2.25 bits per heavy atom. The molecule has 0 bridgehead atoms. The number of nitrogens with one attached hydrogen (secondary N) is 2. The summed E-state index contributed by atoms with van der Waals surface area (Å²) in [5.41, 5.74) is 0.683. The van der Waals surface area contributed by atoms with E-state index in [2.05, 4.69) is 10.0 Å². The van der Waals surface area contributed by atoms with Crippen LogP contribution in [-0.2, 0) is 20.2 Å². The second kappa shape index (κ2) is 7.87. The van der Waals surface area contributed by atoms with Gasteiger partial charge in [0.15, 0.2) is 0 Å². The van der Waals surface area contributed by atoms with E-state index in [0.717, 1.165) is 12.8 Å². The maximum Gasteiger partial charge on any atom is 0.296 e. The van der Waals surface area contributed by atoms with Crippen LogP contribution in [0.4, 0.5) is 11.4 Å². The second-order valence-electron chi connectivity index (χ2n) is 6.32. The van der Waals surface area contributed by atoms with Crippen molar-refractivity contribution in [2.24, 2.45) is 5.14 Å². The van der Waals surface area contributed by atoms with Crippen LogP contribution in [0, 0.1) is 0 Å². The van der Waals surface area contributed by atoms with Crippen LogP contribution in [0.5, 0.6) is 0 Å². The number of rotatable bonds is 6. The topological polar surface area (TPSA) is 139 Å². The molecule has 150 valence electrons. The molecule has 0 saturated carbocycles. The summed E-state index contributed by atoms with van der Waals surface area (Å²) in [4.78, 5) is 12.6. The lowest BCUT2D eigenvalue weighted by molar-refractivity contribution is 0.102. The third-order valence-corrected chi connectivity index (χ3v) is 6.59. The van der Waals surface area contributed by atoms with Crippen molar-refractivity contribution in [2.75, 3.05) is 23.1 Å². The molecule has 0 aliphatic carbocycles. The summed E-state index contributed by atoms with van der Waals surface area (Å²) >= 11 is 0. The summed E-state index contributed by atoms with van der Waals surface area (Å²) in [6.45, 7) is 0.950. The normalized spacial score (nSPS) is 15.3. The number of hydrogen-bond donors (Lipinski definition) is 3. The number of sulfonamides is 1. The highest BCUT2D eigenvalue weighted by Crippen LogP contribution is 2.22. The lowest BCUT2D eigenvalue weighted by Gasteiger charge is -2.16. The Morgan fingerprint density at radius 1 is 0.929 bits per heavy atom. The lowest BCUT2D eigenvalue weighted by atomic mass is 10.2. The van der Waals surface area contributed by atoms with Gasteiger partial charge in [-0.2, -0.15) is 12.7 Å². The minimum atomic E-state index is -3.94. The van der Waals surface area contributed by atoms with Gasteiger partial charge in [0.2, 0.25) is 10.0 Å². The van der Waals surface area contributed by atoms with E-state index < -0.39 is 26.1 Å². The smallest absolute Gasteiger partial charge is 0.296 e. The number of nitrogens with zero attached hydrogens (tertiary/aromatic N) is 1. The van der Waals surface area contributed by atoms with E-state index in [4.69, 9.17) is 5.14 Å². The average molecular weight is 425 g/mol. The highest BCUT2D eigenvalue weighted by atomic mass is 32.2. The predicted molar refractivity (Wildman–Crippen MR) is 106 cm³/mol. The molecular weight excluding hydrogens is 404 g/mol. The van der Waals surface area contributed by atoms with E-state index in [1.54, 1.807) is 6.07 Å². The van der Waals surface area contributed by atoms with Crippen LogP contribution in [0.15, 0.2) is 53.4 Å². The summed E-state index contributed by atoms with van der Waals surface area (Å²) < 4.78 is 51.1. The fraction of sp³-hybridized carbons (Fsp3) is 0.235. The molecule has 1 aliphatic heterocycles. The van der Waals surface area contributed by atoms with Gasteiger partial charge in [-0.05, 0) is 49.2 Å². The van der Waals surface area contributed by atoms with Crippen molar-refractivity contribution in [3.8, 4) is 0 Å². The molecule has 28 heavy (non-hydrogen) atoms. The third-order valence-electron chi connectivity index (χ3n) is 4.18. The van der Waals surface area contributed by atoms with Crippen LogP contribution in [-0.4, -0.2) is 40.1 Å². The number of benzene rings is 2. The van der Waals surface area contributed by atoms with E-state index in [9.17, 15) is 21.6 Å². The molecule has 2 aromatic rings. The number of carbonyl (C=O) groups excluding carboxylic acids is 1. The minimum absolute atomic E-state index is 0.0618. The van der Waals surface area contributed by atoms with Gasteiger partial charge in [-0.1, -0.05) is 12.1 Å². The van der Waals surface area contributed by atoms with Gasteiger partial charge in [-0.3, -0.25) is 9.52 Å². The molecular formula is C17H20N4O5S2. The maximum atomic E-state index is 12.7. The predicted octanol–water partition coefficient (Wildman–Crippen LogP) is 1.34. The van der Waals surface area contributed by atoms with Crippen molar-refractivity contribution in [3.63, 3.8) is 0 Å². The second-order valence-corrected chi connectivity index (χ2v) is 9.55. The van der Waals surface area contributed by atoms with Gasteiger partial charge in [0, 0.05) is 24.3 Å². The number of nitrogens with two attached hydrogens (primary N) is 1. The van der Waals surface area contributed by atoms with E-state index in [0.29, 0.717) is 18.8 Å². The molecule has 0 atom stereocenters. The Bertz CT molecular complexity index is 1090. The molecule has 3 rings (SSSR count). The van der Waals surface area contributed by atoms with E-state index >= 15 is 0 Å². The van der Waals surface area contributed by atoms with Crippen molar-refractivity contribution < 1.29 is 21.6 Å². The number of carbonyl (C=O) groups is 1. The van der Waals surface area contributed by atoms with E-state index in [-0.39, 0.29) is 16.1 Å². The molecule has 4 N–H and O–H groups in total.